The van der Waals surface area contributed by atoms with Gasteiger partial charge in [0.25, 0.3) is 0 Å². The van der Waals surface area contributed by atoms with Crippen molar-refractivity contribution in [1.82, 2.24) is 15.0 Å². The van der Waals surface area contributed by atoms with Gasteiger partial charge in [-0.1, -0.05) is 13.8 Å². The van der Waals surface area contributed by atoms with Crippen molar-refractivity contribution in [3.8, 4) is 0 Å². The van der Waals surface area contributed by atoms with Crippen molar-refractivity contribution in [1.29, 1.82) is 0 Å². The van der Waals surface area contributed by atoms with Crippen molar-refractivity contribution < 1.29 is 9.18 Å². The van der Waals surface area contributed by atoms with Crippen LogP contribution in [-0.4, -0.2) is 20.9 Å². The molecule has 0 aliphatic heterocycles. The maximum absolute atomic E-state index is 14.4. The maximum Gasteiger partial charge on any atom is 0.234 e. The number of hydrogen-bond donors (Lipinski definition) is 2. The normalized spacial score (nSPS) is 12.3. The van der Waals surface area contributed by atoms with Crippen LogP contribution in [0, 0.1) is 12.7 Å². The topological polar surface area (TPSA) is 79.8 Å². The van der Waals surface area contributed by atoms with Crippen molar-refractivity contribution in [2.24, 2.45) is 0 Å². The number of hydrogen-bond acceptors (Lipinski definition) is 6. The summed E-state index contributed by atoms with van der Waals surface area (Å²) in [6.45, 7) is 8.84. The van der Waals surface area contributed by atoms with Gasteiger partial charge in [-0.25, -0.2) is 4.39 Å². The van der Waals surface area contributed by atoms with E-state index in [9.17, 15) is 9.18 Å². The van der Waals surface area contributed by atoms with E-state index < -0.39 is 0 Å². The highest BCUT2D eigenvalue weighted by Gasteiger charge is 2.19. The van der Waals surface area contributed by atoms with Crippen LogP contribution in [0.2, 0.25) is 0 Å². The van der Waals surface area contributed by atoms with Crippen LogP contribution in [0.15, 0.2) is 5.38 Å². The second-order valence-corrected chi connectivity index (χ2v) is 6.51. The van der Waals surface area contributed by atoms with Crippen LogP contribution < -0.4 is 10.6 Å². The average Bonchev–Trinajstić information content (AvgIpc) is 2.79. The predicted octanol–water partition coefficient (Wildman–Crippen LogP) is 3.64. The minimum absolute atomic E-state index is 0.137. The van der Waals surface area contributed by atoms with Crippen LogP contribution in [0.25, 0.3) is 0 Å². The van der Waals surface area contributed by atoms with Crippen molar-refractivity contribution in [3.63, 3.8) is 0 Å². The third-order valence-corrected chi connectivity index (χ3v) is 4.34. The van der Waals surface area contributed by atoms with E-state index in [1.54, 1.807) is 6.92 Å². The molecule has 2 aromatic heterocycles. The Bertz CT molecular complexity index is 716. The van der Waals surface area contributed by atoms with E-state index in [2.05, 4.69) is 25.6 Å². The highest BCUT2D eigenvalue weighted by atomic mass is 32.1. The average molecular weight is 337 g/mol. The predicted molar refractivity (Wildman–Crippen MR) is 89.3 cm³/mol. The highest BCUT2D eigenvalue weighted by molar-refractivity contribution is 7.10. The van der Waals surface area contributed by atoms with Crippen LogP contribution in [-0.2, 0) is 4.79 Å². The summed E-state index contributed by atoms with van der Waals surface area (Å²) in [7, 11) is 0. The summed E-state index contributed by atoms with van der Waals surface area (Å²) < 4.78 is 14.4. The molecule has 1 amide bonds. The SMILES string of the molecule is CC(=O)Nc1nc(C)nc(NC(C)c2scc(C(C)C)c2F)n1. The molecule has 0 fully saturated rings. The van der Waals surface area contributed by atoms with E-state index in [4.69, 9.17) is 0 Å². The van der Waals surface area contributed by atoms with Gasteiger partial charge in [-0.3, -0.25) is 10.1 Å². The van der Waals surface area contributed by atoms with Crippen LogP contribution in [0.5, 0.6) is 0 Å². The van der Waals surface area contributed by atoms with E-state index in [1.165, 1.54) is 18.3 Å². The number of halogens is 1. The zero-order valence-electron chi connectivity index (χ0n) is 13.8. The molecule has 0 bridgehead atoms. The number of amides is 1. The molecular weight excluding hydrogens is 317 g/mol. The summed E-state index contributed by atoms with van der Waals surface area (Å²) in [6.07, 6.45) is 0. The Kier molecular flexibility index (Phi) is 5.25. The molecule has 124 valence electrons. The Morgan fingerprint density at radius 1 is 1.22 bits per heavy atom. The van der Waals surface area contributed by atoms with Crippen LogP contribution in [0.3, 0.4) is 0 Å². The minimum atomic E-state index is -0.292. The fourth-order valence-electron chi connectivity index (χ4n) is 2.07. The summed E-state index contributed by atoms with van der Waals surface area (Å²) in [6, 6.07) is -0.292. The lowest BCUT2D eigenvalue weighted by atomic mass is 10.1. The van der Waals surface area contributed by atoms with E-state index in [0.29, 0.717) is 22.2 Å². The number of carbonyl (C=O) groups excluding carboxylic acids is 1. The molecule has 0 aromatic carbocycles. The second-order valence-electron chi connectivity index (χ2n) is 5.60. The summed E-state index contributed by atoms with van der Waals surface area (Å²) in [4.78, 5) is 24.1. The Hall–Kier alpha value is -2.09. The summed E-state index contributed by atoms with van der Waals surface area (Å²) in [5, 5.41) is 7.42. The lowest BCUT2D eigenvalue weighted by molar-refractivity contribution is -0.114. The third-order valence-electron chi connectivity index (χ3n) is 3.18. The first-order chi connectivity index (χ1) is 10.8. The fraction of sp³-hybridized carbons (Fsp3) is 0.467. The number of rotatable bonds is 5. The molecule has 2 N–H and O–H groups in total. The molecule has 0 saturated heterocycles. The molecule has 23 heavy (non-hydrogen) atoms. The van der Waals surface area contributed by atoms with Crippen molar-refractivity contribution >= 4 is 29.1 Å². The molecule has 2 heterocycles. The largest absolute Gasteiger partial charge is 0.347 e. The van der Waals surface area contributed by atoms with Gasteiger partial charge in [-0.05, 0) is 25.1 Å². The van der Waals surface area contributed by atoms with Gasteiger partial charge in [0.15, 0.2) is 0 Å². The van der Waals surface area contributed by atoms with Gasteiger partial charge in [0, 0.05) is 12.5 Å². The van der Waals surface area contributed by atoms with E-state index in [0.717, 1.165) is 0 Å². The number of aromatic nitrogens is 3. The van der Waals surface area contributed by atoms with Crippen molar-refractivity contribution in [3.05, 3.63) is 27.5 Å². The monoisotopic (exact) mass is 337 g/mol. The van der Waals surface area contributed by atoms with E-state index in [-0.39, 0.29) is 29.6 Å². The van der Waals surface area contributed by atoms with Gasteiger partial charge in [0.05, 0.1) is 10.9 Å². The molecule has 0 spiro atoms. The Labute approximate surface area is 138 Å². The third kappa shape index (κ3) is 4.22. The zero-order valence-corrected chi connectivity index (χ0v) is 14.6. The standard InChI is InChI=1S/C15H20FN5OS/c1-7(2)11-6-23-13(12(11)16)8(3)17-14-18-9(4)19-15(21-14)20-10(5)22/h6-8H,1-5H3,(H2,17,18,19,20,21,22). The number of anilines is 2. The molecule has 0 saturated carbocycles. The highest BCUT2D eigenvalue weighted by Crippen LogP contribution is 2.32. The molecule has 6 nitrogen and oxygen atoms in total. The first kappa shape index (κ1) is 17.3. The first-order valence-electron chi connectivity index (χ1n) is 7.31. The molecule has 2 rings (SSSR count). The summed E-state index contributed by atoms with van der Waals surface area (Å²) in [5.74, 6) is 0.631. The van der Waals surface area contributed by atoms with Gasteiger partial charge in [0.2, 0.25) is 17.8 Å². The molecule has 0 aliphatic rings. The van der Waals surface area contributed by atoms with Crippen molar-refractivity contribution in [2.75, 3.05) is 10.6 Å². The molecule has 2 aromatic rings. The second kappa shape index (κ2) is 6.99. The zero-order chi connectivity index (χ0) is 17.1. The summed E-state index contributed by atoms with van der Waals surface area (Å²) >= 11 is 1.37. The molecule has 1 atom stereocenters. The smallest absolute Gasteiger partial charge is 0.234 e. The Morgan fingerprint density at radius 2 is 1.87 bits per heavy atom. The number of nitrogens with one attached hydrogen (secondary N) is 2. The van der Waals surface area contributed by atoms with Gasteiger partial charge < -0.3 is 5.32 Å². The van der Waals surface area contributed by atoms with Gasteiger partial charge >= 0.3 is 0 Å². The quantitative estimate of drug-likeness (QED) is 0.871. The number of aryl methyl sites for hydroxylation is 1. The maximum atomic E-state index is 14.4. The van der Waals surface area contributed by atoms with Gasteiger partial charge in [0.1, 0.15) is 11.6 Å². The molecule has 8 heteroatoms. The molecule has 1 unspecified atom stereocenters. The van der Waals surface area contributed by atoms with Crippen LogP contribution in [0.1, 0.15) is 55.9 Å². The van der Waals surface area contributed by atoms with E-state index >= 15 is 0 Å². The number of thiophene rings is 1. The number of nitrogens with zero attached hydrogens (tertiary/aromatic N) is 3. The molecule has 0 aliphatic carbocycles. The first-order valence-corrected chi connectivity index (χ1v) is 8.19. The van der Waals surface area contributed by atoms with Crippen LogP contribution in [0.4, 0.5) is 16.3 Å². The van der Waals surface area contributed by atoms with Crippen molar-refractivity contribution in [2.45, 2.75) is 46.6 Å². The minimum Gasteiger partial charge on any atom is -0.347 e. The molecule has 0 radical (unpaired) electrons. The Morgan fingerprint density at radius 3 is 2.43 bits per heavy atom. The van der Waals surface area contributed by atoms with Crippen LogP contribution >= 0.6 is 11.3 Å². The lowest BCUT2D eigenvalue weighted by Crippen LogP contribution is -2.15. The molecular formula is C15H20FN5OS. The van der Waals surface area contributed by atoms with Gasteiger partial charge in [-0.2, -0.15) is 15.0 Å². The lowest BCUT2D eigenvalue weighted by Gasteiger charge is -2.14. The van der Waals surface area contributed by atoms with Gasteiger partial charge in [-0.15, -0.1) is 11.3 Å². The van der Waals surface area contributed by atoms with E-state index in [1.807, 2.05) is 26.2 Å². The number of carbonyl (C=O) groups is 1. The fourth-order valence-corrected chi connectivity index (χ4v) is 3.19. The Balaban J connectivity index is 2.21. The summed E-state index contributed by atoms with van der Waals surface area (Å²) in [5.41, 5.74) is 0.712.